The van der Waals surface area contributed by atoms with Crippen LogP contribution in [0.5, 0.6) is 5.75 Å². The van der Waals surface area contributed by atoms with E-state index in [0.717, 1.165) is 42.2 Å². The van der Waals surface area contributed by atoms with Crippen LogP contribution < -0.4 is 10.1 Å². The molecule has 1 amide bonds. The fourth-order valence-corrected chi connectivity index (χ4v) is 4.17. The molecule has 2 aromatic heterocycles. The van der Waals surface area contributed by atoms with Crippen molar-refractivity contribution in [3.05, 3.63) is 83.5 Å². The molecule has 0 fully saturated rings. The van der Waals surface area contributed by atoms with E-state index in [0.29, 0.717) is 11.3 Å². The van der Waals surface area contributed by atoms with E-state index in [1.54, 1.807) is 37.7 Å². The summed E-state index contributed by atoms with van der Waals surface area (Å²) in [6.45, 7) is 2.63. The molecule has 0 saturated carbocycles. The number of benzene rings is 2. The number of imidazole rings is 1. The Morgan fingerprint density at radius 1 is 1.21 bits per heavy atom. The number of carbonyl (C=O) groups excluding carboxylic acids is 1. The summed E-state index contributed by atoms with van der Waals surface area (Å²) in [6.07, 6.45) is 5.40. The lowest BCUT2D eigenvalue weighted by Crippen LogP contribution is -2.18. The van der Waals surface area contributed by atoms with E-state index in [9.17, 15) is 9.18 Å². The maximum Gasteiger partial charge on any atom is 0.258 e. The van der Waals surface area contributed by atoms with Gasteiger partial charge in [-0.2, -0.15) is 4.98 Å². The Balaban J connectivity index is 1.38. The van der Waals surface area contributed by atoms with E-state index in [-0.39, 0.29) is 23.6 Å². The number of rotatable bonds is 5. The van der Waals surface area contributed by atoms with Gasteiger partial charge < -0.3 is 9.30 Å². The summed E-state index contributed by atoms with van der Waals surface area (Å²) in [4.78, 5) is 21.7. The van der Waals surface area contributed by atoms with E-state index in [1.165, 1.54) is 12.1 Å². The van der Waals surface area contributed by atoms with Crippen LogP contribution in [0.25, 0.3) is 5.69 Å². The van der Waals surface area contributed by atoms with Crippen molar-refractivity contribution in [1.29, 1.82) is 0 Å². The normalized spacial score (nSPS) is 15.2. The molecule has 1 N–H and O–H groups in total. The summed E-state index contributed by atoms with van der Waals surface area (Å²) in [5, 5.41) is 7.27. The number of nitrogens with zero attached hydrogens (tertiary/aromatic N) is 5. The van der Waals surface area contributed by atoms with Crippen LogP contribution in [0.15, 0.2) is 55.0 Å². The third-order valence-corrected chi connectivity index (χ3v) is 5.80. The number of amides is 1. The molecule has 3 heterocycles. The minimum Gasteiger partial charge on any atom is -0.495 e. The number of methoxy groups -OCH3 is 1. The number of carbonyl (C=O) groups is 1. The molecule has 0 radical (unpaired) electrons. The molecule has 5 rings (SSSR count). The van der Waals surface area contributed by atoms with Crippen molar-refractivity contribution in [2.45, 2.75) is 32.2 Å². The van der Waals surface area contributed by atoms with Gasteiger partial charge in [0.1, 0.15) is 17.4 Å². The monoisotopic (exact) mass is 446 g/mol. The smallest absolute Gasteiger partial charge is 0.258 e. The molecule has 0 bridgehead atoms. The van der Waals surface area contributed by atoms with Gasteiger partial charge in [-0.3, -0.25) is 10.1 Å². The molecule has 0 spiro atoms. The van der Waals surface area contributed by atoms with Crippen molar-refractivity contribution in [1.82, 2.24) is 24.3 Å². The molecule has 0 saturated heterocycles. The highest BCUT2D eigenvalue weighted by Crippen LogP contribution is 2.33. The number of aromatic nitrogens is 5. The zero-order valence-electron chi connectivity index (χ0n) is 18.3. The third kappa shape index (κ3) is 4.09. The first-order valence-electron chi connectivity index (χ1n) is 10.7. The van der Waals surface area contributed by atoms with Crippen molar-refractivity contribution >= 4 is 11.9 Å². The molecule has 1 aliphatic rings. The summed E-state index contributed by atoms with van der Waals surface area (Å²) in [5.41, 5.74) is 3.08. The van der Waals surface area contributed by atoms with Crippen LogP contribution in [0.3, 0.4) is 0 Å². The average molecular weight is 446 g/mol. The molecule has 8 nitrogen and oxygen atoms in total. The number of halogens is 1. The number of aryl methyl sites for hydroxylation is 2. The van der Waals surface area contributed by atoms with Gasteiger partial charge in [0.05, 0.1) is 24.8 Å². The molecule has 168 valence electrons. The van der Waals surface area contributed by atoms with Crippen LogP contribution in [0.1, 0.15) is 46.2 Å². The lowest BCUT2D eigenvalue weighted by atomic mass is 9.91. The van der Waals surface area contributed by atoms with Gasteiger partial charge in [0.2, 0.25) is 5.95 Å². The number of anilines is 1. The first kappa shape index (κ1) is 20.9. The van der Waals surface area contributed by atoms with Gasteiger partial charge >= 0.3 is 0 Å². The van der Waals surface area contributed by atoms with Gasteiger partial charge in [-0.15, -0.1) is 5.10 Å². The molecule has 1 aliphatic heterocycles. The minimum absolute atomic E-state index is 0.00974. The fourth-order valence-electron chi connectivity index (χ4n) is 4.17. The van der Waals surface area contributed by atoms with Gasteiger partial charge in [0.15, 0.2) is 0 Å². The van der Waals surface area contributed by atoms with Crippen LogP contribution in [0.2, 0.25) is 0 Å². The van der Waals surface area contributed by atoms with E-state index in [1.807, 2.05) is 28.4 Å². The molecule has 1 unspecified atom stereocenters. The van der Waals surface area contributed by atoms with Crippen molar-refractivity contribution in [3.63, 3.8) is 0 Å². The Kier molecular flexibility index (Phi) is 5.37. The van der Waals surface area contributed by atoms with E-state index < -0.39 is 0 Å². The highest BCUT2D eigenvalue weighted by atomic mass is 19.1. The number of hydrogen-bond donors (Lipinski definition) is 1. The predicted octanol–water partition coefficient (Wildman–Crippen LogP) is 4.10. The third-order valence-electron chi connectivity index (χ3n) is 5.80. The van der Waals surface area contributed by atoms with Gasteiger partial charge in [-0.25, -0.2) is 14.1 Å². The molecule has 4 aromatic rings. The van der Waals surface area contributed by atoms with Gasteiger partial charge in [-0.05, 0) is 55.7 Å². The second-order valence-electron chi connectivity index (χ2n) is 8.03. The second kappa shape index (κ2) is 8.50. The van der Waals surface area contributed by atoms with Gasteiger partial charge in [-0.1, -0.05) is 12.1 Å². The van der Waals surface area contributed by atoms with E-state index in [2.05, 4.69) is 20.4 Å². The fraction of sp³-hybridized carbons (Fsp3) is 0.250. The highest BCUT2D eigenvalue weighted by molar-refractivity contribution is 6.03. The topological polar surface area (TPSA) is 86.9 Å². The Bertz CT molecular complexity index is 1310. The van der Waals surface area contributed by atoms with Crippen molar-refractivity contribution in [2.75, 3.05) is 12.4 Å². The molecule has 33 heavy (non-hydrogen) atoms. The maximum absolute atomic E-state index is 13.3. The quantitative estimate of drug-likeness (QED) is 0.499. The summed E-state index contributed by atoms with van der Waals surface area (Å²) < 4.78 is 22.5. The van der Waals surface area contributed by atoms with E-state index >= 15 is 0 Å². The van der Waals surface area contributed by atoms with Crippen LogP contribution in [0, 0.1) is 12.7 Å². The Labute approximate surface area is 190 Å². The Morgan fingerprint density at radius 3 is 2.76 bits per heavy atom. The highest BCUT2D eigenvalue weighted by Gasteiger charge is 2.26. The lowest BCUT2D eigenvalue weighted by Gasteiger charge is -2.22. The Hall–Kier alpha value is -4.01. The molecule has 2 aromatic carbocycles. The summed E-state index contributed by atoms with van der Waals surface area (Å²) >= 11 is 0. The second-order valence-corrected chi connectivity index (χ2v) is 8.03. The predicted molar refractivity (Wildman–Crippen MR) is 120 cm³/mol. The maximum atomic E-state index is 13.3. The van der Waals surface area contributed by atoms with Gasteiger partial charge in [0.25, 0.3) is 5.91 Å². The summed E-state index contributed by atoms with van der Waals surface area (Å²) in [5.74, 6) is 0.976. The Morgan fingerprint density at radius 2 is 2.03 bits per heavy atom. The number of ether oxygens (including phenoxy) is 1. The number of fused-ring (bicyclic) bond motifs is 1. The largest absolute Gasteiger partial charge is 0.495 e. The van der Waals surface area contributed by atoms with Crippen LogP contribution in [-0.4, -0.2) is 37.3 Å². The molecule has 0 aliphatic carbocycles. The zero-order chi connectivity index (χ0) is 22.9. The van der Waals surface area contributed by atoms with Crippen LogP contribution >= 0.6 is 0 Å². The molecular formula is C24H23FN6O2. The molecule has 9 heteroatoms. The number of hydrogen-bond acceptors (Lipinski definition) is 5. The average Bonchev–Trinajstić information content (AvgIpc) is 3.44. The minimum atomic E-state index is -0.331. The van der Waals surface area contributed by atoms with Gasteiger partial charge in [0, 0.05) is 24.2 Å². The first-order chi connectivity index (χ1) is 16.0. The first-order valence-corrected chi connectivity index (χ1v) is 10.7. The molecule has 1 atom stereocenters. The summed E-state index contributed by atoms with van der Waals surface area (Å²) in [6, 6.07) is 11.7. The standard InChI is InChI=1S/C24H23FN6O2/c1-15-13-30(14-26-15)20-10-7-17(12-21(20)33-2)23(32)28-24-27-22-19(4-3-11-31(22)29-24)16-5-8-18(25)9-6-16/h5-10,12-14,19H,3-4,11H2,1-2H3,(H,28,29,32). The van der Waals surface area contributed by atoms with Crippen molar-refractivity contribution in [3.8, 4) is 11.4 Å². The SMILES string of the molecule is COc1cc(C(=O)Nc2nc3n(n2)CCCC3c2ccc(F)cc2)ccc1-n1cnc(C)c1. The lowest BCUT2D eigenvalue weighted by molar-refractivity contribution is 0.102. The van der Waals surface area contributed by atoms with E-state index in [4.69, 9.17) is 4.74 Å². The molecular weight excluding hydrogens is 423 g/mol. The van der Waals surface area contributed by atoms with Crippen molar-refractivity contribution < 1.29 is 13.9 Å². The zero-order valence-corrected chi connectivity index (χ0v) is 18.3. The summed E-state index contributed by atoms with van der Waals surface area (Å²) in [7, 11) is 1.56. The number of nitrogens with one attached hydrogen (secondary N) is 1. The van der Waals surface area contributed by atoms with Crippen LogP contribution in [-0.2, 0) is 6.54 Å². The van der Waals surface area contributed by atoms with Crippen molar-refractivity contribution in [2.24, 2.45) is 0 Å². The van der Waals surface area contributed by atoms with Crippen LogP contribution in [0.4, 0.5) is 10.3 Å².